The molecule has 1 rings (SSSR count). The predicted octanol–water partition coefficient (Wildman–Crippen LogP) is -0.317. The van der Waals surface area contributed by atoms with Crippen molar-refractivity contribution < 1.29 is 32.6 Å². The smallest absolute Gasteiger partial charge is 0.467 e. The molecule has 2 atom stereocenters. The van der Waals surface area contributed by atoms with Crippen molar-refractivity contribution >= 4 is 11.9 Å². The Kier molecular flexibility index (Phi) is 3.41. The molecule has 1 N–H and O–H groups in total. The number of rotatable bonds is 1. The number of nitrogens with zero attached hydrogens (tertiary/aromatic N) is 1. The van der Waals surface area contributed by atoms with Gasteiger partial charge in [-0.25, -0.2) is 4.79 Å². The number of esters is 1. The molecule has 0 aromatic heterocycles. The van der Waals surface area contributed by atoms with E-state index in [1.807, 2.05) is 0 Å². The Bertz CT molecular complexity index is 304. The van der Waals surface area contributed by atoms with Crippen LogP contribution in [0, 0.1) is 0 Å². The average molecular weight is 241 g/mol. The first-order valence-electron chi connectivity index (χ1n) is 4.41. The third-order valence-electron chi connectivity index (χ3n) is 2.26. The Balaban J connectivity index is 2.85. The van der Waals surface area contributed by atoms with Crippen LogP contribution in [0.15, 0.2) is 0 Å². The molecule has 0 radical (unpaired) electrons. The lowest BCUT2D eigenvalue weighted by Gasteiger charge is -2.23. The van der Waals surface area contributed by atoms with E-state index in [1.54, 1.807) is 0 Å². The molecule has 92 valence electrons. The molecule has 0 bridgehead atoms. The lowest BCUT2D eigenvalue weighted by Crippen LogP contribution is -2.47. The van der Waals surface area contributed by atoms with Crippen LogP contribution in [0.3, 0.4) is 0 Å². The largest absolute Gasteiger partial charge is 0.471 e. The molecule has 5 nitrogen and oxygen atoms in total. The van der Waals surface area contributed by atoms with Crippen LogP contribution in [-0.2, 0) is 14.3 Å². The summed E-state index contributed by atoms with van der Waals surface area (Å²) < 4.78 is 40.7. The minimum atomic E-state index is -5.06. The molecule has 1 fully saturated rings. The number of methoxy groups -OCH3 is 1. The summed E-state index contributed by atoms with van der Waals surface area (Å²) in [6, 6.07) is -1.37. The third-order valence-corrected chi connectivity index (χ3v) is 2.26. The van der Waals surface area contributed by atoms with Gasteiger partial charge in [-0.15, -0.1) is 0 Å². The second-order valence-electron chi connectivity index (χ2n) is 3.38. The van der Waals surface area contributed by atoms with Crippen molar-refractivity contribution in [1.29, 1.82) is 0 Å². The molecule has 1 heterocycles. The number of amides is 1. The lowest BCUT2D eigenvalue weighted by atomic mass is 10.2. The van der Waals surface area contributed by atoms with E-state index in [0.29, 0.717) is 0 Å². The van der Waals surface area contributed by atoms with Gasteiger partial charge in [0.15, 0.2) is 0 Å². The fraction of sp³-hybridized carbons (Fsp3) is 0.750. The van der Waals surface area contributed by atoms with Gasteiger partial charge in [-0.1, -0.05) is 0 Å². The number of ether oxygens (including phenoxy) is 1. The summed E-state index contributed by atoms with van der Waals surface area (Å²) in [4.78, 5) is 22.3. The first kappa shape index (κ1) is 12.8. The summed E-state index contributed by atoms with van der Waals surface area (Å²) in [7, 11) is 1.00. The third kappa shape index (κ3) is 2.43. The first-order valence-corrected chi connectivity index (χ1v) is 4.41. The Morgan fingerprint density at radius 1 is 1.44 bits per heavy atom. The molecular weight excluding hydrogens is 231 g/mol. The average Bonchev–Trinajstić information content (AvgIpc) is 2.56. The molecular formula is C8H10F3NO4. The monoisotopic (exact) mass is 241 g/mol. The molecule has 0 aromatic carbocycles. The maximum atomic E-state index is 12.1. The lowest BCUT2D eigenvalue weighted by molar-refractivity contribution is -0.188. The summed E-state index contributed by atoms with van der Waals surface area (Å²) in [5, 5.41) is 9.16. The first-order chi connectivity index (χ1) is 7.27. The highest BCUT2D eigenvalue weighted by Gasteiger charge is 2.50. The fourth-order valence-electron chi connectivity index (χ4n) is 1.56. The molecule has 16 heavy (non-hydrogen) atoms. The van der Waals surface area contributed by atoms with Gasteiger partial charge in [0, 0.05) is 13.0 Å². The van der Waals surface area contributed by atoms with Crippen molar-refractivity contribution in [2.45, 2.75) is 24.7 Å². The van der Waals surface area contributed by atoms with E-state index >= 15 is 0 Å². The number of β-amino-alcohol motifs (C(OH)–C–C–N with tert-alkyl or cyclic N) is 1. The summed E-state index contributed by atoms with van der Waals surface area (Å²) in [5.74, 6) is -3.10. The maximum Gasteiger partial charge on any atom is 0.471 e. The molecule has 1 aliphatic heterocycles. The SMILES string of the molecule is COC(=O)[C@@H]1C[C@@H](O)CN1C(=O)C(F)(F)F. The van der Waals surface area contributed by atoms with E-state index < -0.39 is 36.7 Å². The van der Waals surface area contributed by atoms with Crippen molar-refractivity contribution in [3.63, 3.8) is 0 Å². The van der Waals surface area contributed by atoms with Gasteiger partial charge in [-0.05, 0) is 0 Å². The van der Waals surface area contributed by atoms with Crippen LogP contribution < -0.4 is 0 Å². The molecule has 1 saturated heterocycles. The van der Waals surface area contributed by atoms with E-state index in [0.717, 1.165) is 7.11 Å². The van der Waals surface area contributed by atoms with E-state index in [2.05, 4.69) is 4.74 Å². The summed E-state index contributed by atoms with van der Waals surface area (Å²) in [6.07, 6.45) is -6.44. The number of aliphatic hydroxyl groups excluding tert-OH is 1. The molecule has 0 aliphatic carbocycles. The van der Waals surface area contributed by atoms with Gasteiger partial charge in [0.25, 0.3) is 0 Å². The molecule has 1 amide bonds. The predicted molar refractivity (Wildman–Crippen MR) is 44.2 cm³/mol. The van der Waals surface area contributed by atoms with E-state index in [-0.39, 0.29) is 11.3 Å². The number of halogens is 3. The Morgan fingerprint density at radius 3 is 2.44 bits per heavy atom. The number of alkyl halides is 3. The summed E-state index contributed by atoms with van der Waals surface area (Å²) >= 11 is 0. The zero-order valence-corrected chi connectivity index (χ0v) is 8.32. The maximum absolute atomic E-state index is 12.1. The number of hydrogen-bond acceptors (Lipinski definition) is 4. The number of likely N-dealkylation sites (tertiary alicyclic amines) is 1. The standard InChI is InChI=1S/C8H10F3NO4/c1-16-6(14)5-2-4(13)3-12(5)7(15)8(9,10)11/h4-5,13H,2-3H2,1H3/t4-,5+/m1/s1. The van der Waals surface area contributed by atoms with Gasteiger partial charge in [-0.2, -0.15) is 13.2 Å². The highest BCUT2D eigenvalue weighted by Crippen LogP contribution is 2.26. The fourth-order valence-corrected chi connectivity index (χ4v) is 1.56. The summed E-state index contributed by atoms with van der Waals surface area (Å²) in [5.41, 5.74) is 0. The quantitative estimate of drug-likeness (QED) is 0.639. The van der Waals surface area contributed by atoms with Crippen LogP contribution in [0.2, 0.25) is 0 Å². The van der Waals surface area contributed by atoms with E-state index in [9.17, 15) is 22.8 Å². The topological polar surface area (TPSA) is 66.8 Å². The van der Waals surface area contributed by atoms with Gasteiger partial charge in [0.1, 0.15) is 6.04 Å². The number of carbonyl (C=O) groups is 2. The Hall–Kier alpha value is -1.31. The Labute approximate surface area is 88.8 Å². The molecule has 0 unspecified atom stereocenters. The zero-order valence-electron chi connectivity index (χ0n) is 8.32. The highest BCUT2D eigenvalue weighted by atomic mass is 19.4. The van der Waals surface area contributed by atoms with Gasteiger partial charge in [-0.3, -0.25) is 4.79 Å². The summed E-state index contributed by atoms with van der Waals surface area (Å²) in [6.45, 7) is -0.516. The van der Waals surface area contributed by atoms with Gasteiger partial charge >= 0.3 is 18.1 Å². The minimum absolute atomic E-state index is 0.242. The minimum Gasteiger partial charge on any atom is -0.467 e. The van der Waals surface area contributed by atoms with Gasteiger partial charge < -0.3 is 14.7 Å². The van der Waals surface area contributed by atoms with Crippen LogP contribution in [-0.4, -0.2) is 53.9 Å². The van der Waals surface area contributed by atoms with Crippen LogP contribution in [0.25, 0.3) is 0 Å². The van der Waals surface area contributed by atoms with Crippen molar-refractivity contribution in [2.24, 2.45) is 0 Å². The second kappa shape index (κ2) is 4.28. The molecule has 0 spiro atoms. The van der Waals surface area contributed by atoms with Gasteiger partial charge in [0.2, 0.25) is 0 Å². The van der Waals surface area contributed by atoms with Crippen molar-refractivity contribution in [1.82, 2.24) is 4.90 Å². The van der Waals surface area contributed by atoms with Crippen LogP contribution in [0.5, 0.6) is 0 Å². The molecule has 0 saturated carbocycles. The van der Waals surface area contributed by atoms with Crippen molar-refractivity contribution in [2.75, 3.05) is 13.7 Å². The van der Waals surface area contributed by atoms with Crippen molar-refractivity contribution in [3.8, 4) is 0 Å². The van der Waals surface area contributed by atoms with E-state index in [4.69, 9.17) is 5.11 Å². The zero-order chi connectivity index (χ0) is 12.5. The van der Waals surface area contributed by atoms with Crippen molar-refractivity contribution in [3.05, 3.63) is 0 Å². The van der Waals surface area contributed by atoms with Crippen LogP contribution >= 0.6 is 0 Å². The normalized spacial score (nSPS) is 25.7. The number of hydrogen-bond donors (Lipinski definition) is 1. The van der Waals surface area contributed by atoms with E-state index in [1.165, 1.54) is 0 Å². The molecule has 8 heteroatoms. The highest BCUT2D eigenvalue weighted by molar-refractivity contribution is 5.88. The number of carbonyl (C=O) groups excluding carboxylic acids is 2. The van der Waals surface area contributed by atoms with Crippen LogP contribution in [0.4, 0.5) is 13.2 Å². The number of aliphatic hydroxyl groups is 1. The Morgan fingerprint density at radius 2 is 2.00 bits per heavy atom. The van der Waals surface area contributed by atoms with Gasteiger partial charge in [0.05, 0.1) is 13.2 Å². The second-order valence-corrected chi connectivity index (χ2v) is 3.38. The molecule has 0 aromatic rings. The van der Waals surface area contributed by atoms with Crippen LogP contribution in [0.1, 0.15) is 6.42 Å². The molecule has 1 aliphatic rings.